The topological polar surface area (TPSA) is 65.4 Å². The second-order valence-electron chi connectivity index (χ2n) is 5.00. The van der Waals surface area contributed by atoms with Crippen molar-refractivity contribution < 1.29 is 9.53 Å². The highest BCUT2D eigenvalue weighted by Crippen LogP contribution is 2.30. The molecule has 0 spiro atoms. The van der Waals surface area contributed by atoms with Gasteiger partial charge in [-0.05, 0) is 25.9 Å². The van der Waals surface area contributed by atoms with E-state index in [0.717, 1.165) is 25.9 Å². The first kappa shape index (κ1) is 14.9. The first-order valence-electron chi connectivity index (χ1n) is 6.50. The fourth-order valence-electron chi connectivity index (χ4n) is 2.28. The van der Waals surface area contributed by atoms with Crippen LogP contribution in [0.3, 0.4) is 0 Å². The molecule has 18 heavy (non-hydrogen) atoms. The summed E-state index contributed by atoms with van der Waals surface area (Å²) in [5.74, 6) is 0.163. The summed E-state index contributed by atoms with van der Waals surface area (Å²) in [4.78, 5) is 14.3. The molecule has 5 heteroatoms. The van der Waals surface area contributed by atoms with Gasteiger partial charge in [-0.3, -0.25) is 4.79 Å². The molecule has 0 radical (unpaired) electrons. The molecule has 1 heterocycles. The lowest BCUT2D eigenvalue weighted by molar-refractivity contribution is -0.143. The second-order valence-corrected chi connectivity index (χ2v) is 5.00. The van der Waals surface area contributed by atoms with Crippen LogP contribution >= 0.6 is 0 Å². The van der Waals surface area contributed by atoms with Gasteiger partial charge in [0.25, 0.3) is 0 Å². The number of nitrogens with one attached hydrogen (secondary N) is 1. The van der Waals surface area contributed by atoms with E-state index in [9.17, 15) is 4.79 Å². The molecule has 1 amide bonds. The highest BCUT2D eigenvalue weighted by molar-refractivity contribution is 5.82. The van der Waals surface area contributed by atoms with Gasteiger partial charge in [0.1, 0.15) is 0 Å². The molecular formula is C13H23N3O2. The van der Waals surface area contributed by atoms with Crippen molar-refractivity contribution >= 4 is 5.91 Å². The standard InChI is InChI=1S/C13H23N3O2/c1-13(4-7-15-8-5-13)12(17)16(9-3-6-14)10-11-18-2/h15H,3-5,7-11H2,1-2H3. The van der Waals surface area contributed by atoms with Crippen molar-refractivity contribution in [2.45, 2.75) is 26.2 Å². The molecule has 1 saturated heterocycles. The number of hydrogen-bond donors (Lipinski definition) is 1. The van der Waals surface area contributed by atoms with E-state index in [1.54, 1.807) is 12.0 Å². The monoisotopic (exact) mass is 253 g/mol. The minimum Gasteiger partial charge on any atom is -0.383 e. The molecule has 1 rings (SSSR count). The van der Waals surface area contributed by atoms with Crippen molar-refractivity contribution in [2.24, 2.45) is 5.41 Å². The van der Waals surface area contributed by atoms with Crippen LogP contribution in [0.15, 0.2) is 0 Å². The molecule has 1 aliphatic rings. The number of nitrogens with zero attached hydrogens (tertiary/aromatic N) is 2. The zero-order valence-corrected chi connectivity index (χ0v) is 11.4. The van der Waals surface area contributed by atoms with Crippen molar-refractivity contribution in [2.75, 3.05) is 39.9 Å². The third-order valence-electron chi connectivity index (χ3n) is 3.57. The minimum atomic E-state index is -0.283. The molecule has 1 N–H and O–H groups in total. The summed E-state index contributed by atoms with van der Waals surface area (Å²) < 4.78 is 5.03. The summed E-state index contributed by atoms with van der Waals surface area (Å²) in [5, 5.41) is 11.9. The van der Waals surface area contributed by atoms with Gasteiger partial charge < -0.3 is 15.0 Å². The molecular weight excluding hydrogens is 230 g/mol. The third kappa shape index (κ3) is 3.97. The zero-order chi connectivity index (χ0) is 13.4. The normalized spacial score (nSPS) is 18.1. The quantitative estimate of drug-likeness (QED) is 0.759. The van der Waals surface area contributed by atoms with Crippen LogP contribution in [0.2, 0.25) is 0 Å². The van der Waals surface area contributed by atoms with E-state index < -0.39 is 0 Å². The Kier molecular flexibility index (Phi) is 6.10. The number of carbonyl (C=O) groups is 1. The van der Waals surface area contributed by atoms with Gasteiger partial charge in [-0.25, -0.2) is 0 Å². The Morgan fingerprint density at radius 3 is 2.67 bits per heavy atom. The SMILES string of the molecule is COCCN(CCC#N)C(=O)C1(C)CCNCC1. The summed E-state index contributed by atoms with van der Waals surface area (Å²) in [5.41, 5.74) is -0.283. The van der Waals surface area contributed by atoms with Crippen molar-refractivity contribution in [1.82, 2.24) is 10.2 Å². The summed E-state index contributed by atoms with van der Waals surface area (Å²) in [6.07, 6.45) is 2.10. The summed E-state index contributed by atoms with van der Waals surface area (Å²) in [6, 6.07) is 2.10. The van der Waals surface area contributed by atoms with Crippen molar-refractivity contribution in [3.63, 3.8) is 0 Å². The van der Waals surface area contributed by atoms with Crippen molar-refractivity contribution in [3.8, 4) is 6.07 Å². The fraction of sp³-hybridized carbons (Fsp3) is 0.846. The highest BCUT2D eigenvalue weighted by Gasteiger charge is 2.37. The smallest absolute Gasteiger partial charge is 0.228 e. The largest absolute Gasteiger partial charge is 0.383 e. The van der Waals surface area contributed by atoms with Gasteiger partial charge in [-0.1, -0.05) is 6.92 Å². The van der Waals surface area contributed by atoms with E-state index in [0.29, 0.717) is 26.1 Å². The lowest BCUT2D eigenvalue weighted by Gasteiger charge is -2.37. The Morgan fingerprint density at radius 2 is 2.11 bits per heavy atom. The molecule has 0 saturated carbocycles. The van der Waals surface area contributed by atoms with Gasteiger partial charge in [-0.2, -0.15) is 5.26 Å². The molecule has 5 nitrogen and oxygen atoms in total. The maximum atomic E-state index is 12.6. The van der Waals surface area contributed by atoms with Crippen LogP contribution < -0.4 is 5.32 Å². The van der Waals surface area contributed by atoms with Crippen LogP contribution in [0.1, 0.15) is 26.2 Å². The molecule has 0 unspecified atom stereocenters. The number of hydrogen-bond acceptors (Lipinski definition) is 4. The third-order valence-corrected chi connectivity index (χ3v) is 3.57. The van der Waals surface area contributed by atoms with E-state index >= 15 is 0 Å². The molecule has 1 fully saturated rings. The van der Waals surface area contributed by atoms with Crippen molar-refractivity contribution in [3.05, 3.63) is 0 Å². The molecule has 0 atom stereocenters. The van der Waals surface area contributed by atoms with Gasteiger partial charge in [0, 0.05) is 25.6 Å². The van der Waals surface area contributed by atoms with Crippen LogP contribution in [0.4, 0.5) is 0 Å². The Balaban J connectivity index is 2.64. The maximum Gasteiger partial charge on any atom is 0.228 e. The average Bonchev–Trinajstić information content (AvgIpc) is 2.39. The molecule has 1 aliphatic heterocycles. The first-order valence-corrected chi connectivity index (χ1v) is 6.50. The van der Waals surface area contributed by atoms with Gasteiger partial charge in [0.05, 0.1) is 19.1 Å². The summed E-state index contributed by atoms with van der Waals surface area (Å²) in [7, 11) is 1.62. The number of piperidine rings is 1. The lowest BCUT2D eigenvalue weighted by atomic mass is 9.79. The lowest BCUT2D eigenvalue weighted by Crippen LogP contribution is -2.48. The van der Waals surface area contributed by atoms with Crippen LogP contribution in [-0.4, -0.2) is 50.7 Å². The molecule has 0 aliphatic carbocycles. The molecule has 0 aromatic heterocycles. The number of rotatable bonds is 6. The number of carbonyl (C=O) groups excluding carboxylic acids is 1. The summed E-state index contributed by atoms with van der Waals surface area (Å²) >= 11 is 0. The van der Waals surface area contributed by atoms with Gasteiger partial charge in [0.2, 0.25) is 5.91 Å². The average molecular weight is 253 g/mol. The number of methoxy groups -OCH3 is 1. The number of nitriles is 1. The van der Waals surface area contributed by atoms with E-state index in [1.807, 2.05) is 6.92 Å². The van der Waals surface area contributed by atoms with E-state index in [-0.39, 0.29) is 11.3 Å². The van der Waals surface area contributed by atoms with Crippen LogP contribution in [0.25, 0.3) is 0 Å². The Morgan fingerprint density at radius 1 is 1.44 bits per heavy atom. The molecule has 102 valence electrons. The minimum absolute atomic E-state index is 0.163. The molecule has 0 aromatic carbocycles. The van der Waals surface area contributed by atoms with E-state index in [1.165, 1.54) is 0 Å². The van der Waals surface area contributed by atoms with Gasteiger partial charge >= 0.3 is 0 Å². The number of amides is 1. The Labute approximate surface area is 109 Å². The predicted molar refractivity (Wildman–Crippen MR) is 68.9 cm³/mol. The van der Waals surface area contributed by atoms with Crippen LogP contribution in [-0.2, 0) is 9.53 Å². The zero-order valence-electron chi connectivity index (χ0n) is 11.4. The predicted octanol–water partition coefficient (Wildman–Crippen LogP) is 0.765. The summed E-state index contributed by atoms with van der Waals surface area (Å²) in [6.45, 7) is 5.40. The second kappa shape index (κ2) is 7.34. The van der Waals surface area contributed by atoms with Gasteiger partial charge in [-0.15, -0.1) is 0 Å². The van der Waals surface area contributed by atoms with Crippen molar-refractivity contribution in [1.29, 1.82) is 5.26 Å². The van der Waals surface area contributed by atoms with Crippen LogP contribution in [0, 0.1) is 16.7 Å². The van der Waals surface area contributed by atoms with E-state index in [4.69, 9.17) is 10.00 Å². The van der Waals surface area contributed by atoms with Gasteiger partial charge in [0.15, 0.2) is 0 Å². The Bertz CT molecular complexity index is 306. The highest BCUT2D eigenvalue weighted by atomic mass is 16.5. The fourth-order valence-corrected chi connectivity index (χ4v) is 2.28. The molecule has 0 bridgehead atoms. The van der Waals surface area contributed by atoms with Crippen LogP contribution in [0.5, 0.6) is 0 Å². The number of ether oxygens (including phenoxy) is 1. The molecule has 0 aromatic rings. The Hall–Kier alpha value is -1.12. The van der Waals surface area contributed by atoms with E-state index in [2.05, 4.69) is 11.4 Å². The first-order chi connectivity index (χ1) is 8.64. The maximum absolute atomic E-state index is 12.6.